The highest BCUT2D eigenvalue weighted by Crippen LogP contribution is 2.35. The van der Waals surface area contributed by atoms with E-state index in [0.717, 1.165) is 33.1 Å². The summed E-state index contributed by atoms with van der Waals surface area (Å²) in [5.41, 5.74) is 0.395. The van der Waals surface area contributed by atoms with Gasteiger partial charge in [0.25, 0.3) is 0 Å². The number of rotatable bonds is 6. The van der Waals surface area contributed by atoms with E-state index < -0.39 is 11.7 Å². The summed E-state index contributed by atoms with van der Waals surface area (Å²) < 4.78 is 47.4. The van der Waals surface area contributed by atoms with Gasteiger partial charge < -0.3 is 9.84 Å². The van der Waals surface area contributed by atoms with Gasteiger partial charge in [0.15, 0.2) is 0 Å². The van der Waals surface area contributed by atoms with Crippen molar-refractivity contribution >= 4 is 32.8 Å². The van der Waals surface area contributed by atoms with Crippen molar-refractivity contribution in [1.29, 1.82) is 0 Å². The molecule has 0 fully saturated rings. The molecule has 0 atom stereocenters. The molecule has 2 aromatic heterocycles. The Balaban J connectivity index is 1.53. The fourth-order valence-electron chi connectivity index (χ4n) is 3.27. The molecule has 2 aromatic carbocycles. The number of benzene rings is 2. The van der Waals surface area contributed by atoms with Crippen molar-refractivity contribution in [2.45, 2.75) is 19.1 Å². The third-order valence-electron chi connectivity index (χ3n) is 4.70. The number of nitrogens with zero attached hydrogens (tertiary/aromatic N) is 1. The first-order valence-electron chi connectivity index (χ1n) is 8.99. The molecule has 0 spiro atoms. The van der Waals surface area contributed by atoms with Crippen LogP contribution in [-0.2, 0) is 19.1 Å². The molecule has 30 heavy (non-hydrogen) atoms. The second-order valence-corrected chi connectivity index (χ2v) is 8.32. The molecule has 0 saturated heterocycles. The van der Waals surface area contributed by atoms with Gasteiger partial charge in [-0.2, -0.15) is 13.2 Å². The fraction of sp³-hybridized carbons (Fsp3) is 0.190. The summed E-state index contributed by atoms with van der Waals surface area (Å²) in [6.45, 7) is 0.326. The minimum atomic E-state index is -4.40. The van der Waals surface area contributed by atoms with E-state index in [2.05, 4.69) is 0 Å². The predicted octanol–water partition coefficient (Wildman–Crippen LogP) is 5.52. The Morgan fingerprint density at radius 1 is 1.03 bits per heavy atom. The highest BCUT2D eigenvalue weighted by molar-refractivity contribution is 7.17. The number of hydrogen-bond acceptors (Lipinski definition) is 5. The van der Waals surface area contributed by atoms with E-state index in [9.17, 15) is 23.1 Å². The number of thiophene rings is 1. The Morgan fingerprint density at radius 2 is 1.83 bits per heavy atom. The summed E-state index contributed by atoms with van der Waals surface area (Å²) in [5.74, 6) is 0.486. The zero-order valence-electron chi connectivity index (χ0n) is 15.5. The Kier molecular flexibility index (Phi) is 5.57. The lowest BCUT2D eigenvalue weighted by Crippen LogP contribution is -2.13. The van der Waals surface area contributed by atoms with Gasteiger partial charge in [0.2, 0.25) is 5.88 Å². The third-order valence-corrected chi connectivity index (χ3v) is 6.44. The average Bonchev–Trinajstić information content (AvgIpc) is 3.32. The smallest absolute Gasteiger partial charge is 0.416 e. The second-order valence-electron chi connectivity index (χ2n) is 6.59. The normalized spacial score (nSPS) is 11.8. The molecule has 4 rings (SSSR count). The Hall–Kier alpha value is -2.78. The Labute approximate surface area is 177 Å². The highest BCUT2D eigenvalue weighted by Gasteiger charge is 2.32. The third kappa shape index (κ3) is 4.08. The largest absolute Gasteiger partial charge is 0.494 e. The highest BCUT2D eigenvalue weighted by atomic mass is 32.1. The first-order chi connectivity index (χ1) is 14.3. The number of fused-ring (bicyclic) bond motifs is 1. The monoisotopic (exact) mass is 451 g/mol. The minimum Gasteiger partial charge on any atom is -0.494 e. The van der Waals surface area contributed by atoms with Gasteiger partial charge in [-0.3, -0.25) is 9.36 Å². The van der Waals surface area contributed by atoms with Gasteiger partial charge in [-0.1, -0.05) is 35.6 Å². The first-order valence-corrected chi connectivity index (χ1v) is 10.7. The summed E-state index contributed by atoms with van der Waals surface area (Å²) in [7, 11) is 0. The van der Waals surface area contributed by atoms with Crippen LogP contribution in [0.2, 0.25) is 0 Å². The maximum atomic E-state index is 13.1. The molecular weight excluding hydrogens is 435 g/mol. The van der Waals surface area contributed by atoms with E-state index in [4.69, 9.17) is 4.74 Å². The van der Waals surface area contributed by atoms with Gasteiger partial charge in [-0.15, -0.1) is 11.3 Å². The summed E-state index contributed by atoms with van der Waals surface area (Å²) in [6, 6.07) is 10.9. The zero-order valence-corrected chi connectivity index (χ0v) is 17.1. The molecule has 156 valence electrons. The van der Waals surface area contributed by atoms with Crippen LogP contribution < -0.4 is 9.61 Å². The van der Waals surface area contributed by atoms with Crippen LogP contribution in [-0.4, -0.2) is 16.3 Å². The number of ether oxygens (including phenoxy) is 1. The molecule has 4 nitrogen and oxygen atoms in total. The predicted molar refractivity (Wildman–Crippen MR) is 112 cm³/mol. The molecule has 0 amide bonds. The lowest BCUT2D eigenvalue weighted by Gasteiger charge is -2.14. The van der Waals surface area contributed by atoms with E-state index in [1.54, 1.807) is 18.2 Å². The molecule has 1 N–H and O–H groups in total. The number of hydrogen-bond donors (Lipinski definition) is 1. The molecular formula is C21H16F3NO3S2. The topological polar surface area (TPSA) is 51.5 Å². The van der Waals surface area contributed by atoms with Crippen molar-refractivity contribution in [3.63, 3.8) is 0 Å². The van der Waals surface area contributed by atoms with E-state index >= 15 is 0 Å². The summed E-state index contributed by atoms with van der Waals surface area (Å²) in [4.78, 5) is 11.6. The van der Waals surface area contributed by atoms with Crippen molar-refractivity contribution in [2.24, 2.45) is 0 Å². The van der Waals surface area contributed by atoms with Crippen molar-refractivity contribution < 1.29 is 23.0 Å². The maximum absolute atomic E-state index is 13.1. The molecule has 4 aromatic rings. The molecule has 0 aliphatic heterocycles. The van der Waals surface area contributed by atoms with Gasteiger partial charge in [-0.25, -0.2) is 0 Å². The van der Waals surface area contributed by atoms with Crippen LogP contribution in [0, 0.1) is 0 Å². The minimum absolute atomic E-state index is 0.0848. The van der Waals surface area contributed by atoms with Gasteiger partial charge in [-0.05, 0) is 34.7 Å². The van der Waals surface area contributed by atoms with Gasteiger partial charge in [0, 0.05) is 16.5 Å². The molecule has 0 aliphatic carbocycles. The van der Waals surface area contributed by atoms with E-state index in [1.165, 1.54) is 33.4 Å². The number of thiazole rings is 1. The molecule has 0 radical (unpaired) electrons. The Bertz CT molecular complexity index is 1240. The quantitative estimate of drug-likeness (QED) is 0.420. The zero-order chi connectivity index (χ0) is 21.3. The number of halogens is 3. The first kappa shape index (κ1) is 20.5. The second kappa shape index (κ2) is 8.16. The fourth-order valence-corrected chi connectivity index (χ4v) is 4.81. The van der Waals surface area contributed by atoms with Gasteiger partial charge >= 0.3 is 11.0 Å². The maximum Gasteiger partial charge on any atom is 0.416 e. The molecule has 0 unspecified atom stereocenters. The van der Waals surface area contributed by atoms with Gasteiger partial charge in [0.05, 0.1) is 24.1 Å². The van der Waals surface area contributed by atoms with Crippen LogP contribution >= 0.6 is 22.7 Å². The van der Waals surface area contributed by atoms with E-state index in [-0.39, 0.29) is 35.9 Å². The van der Waals surface area contributed by atoms with Crippen LogP contribution in [0.1, 0.15) is 16.7 Å². The van der Waals surface area contributed by atoms with Crippen molar-refractivity contribution in [1.82, 2.24) is 4.57 Å². The van der Waals surface area contributed by atoms with Crippen molar-refractivity contribution in [3.05, 3.63) is 79.6 Å². The number of aromatic hydroxyl groups is 1. The lowest BCUT2D eigenvalue weighted by molar-refractivity contribution is -0.138. The summed E-state index contributed by atoms with van der Waals surface area (Å²) in [6.07, 6.45) is -4.27. The van der Waals surface area contributed by atoms with Crippen LogP contribution in [0.25, 0.3) is 10.1 Å². The standard InChI is InChI=1S/C21H16F3NO3S2/c22-21(23,24)16-4-2-1-3-13(16)7-9-28-17-6-5-14(19-15(17)8-10-29-19)11-25-18(26)12-30-20(25)27/h1-6,8,10,12,26H,7,9,11H2. The number of aromatic nitrogens is 1. The van der Waals surface area contributed by atoms with Crippen LogP contribution in [0.15, 0.2) is 58.0 Å². The SMILES string of the molecule is O=c1scc(O)n1Cc1ccc(OCCc2ccccc2C(F)(F)F)c2ccsc12. The van der Waals surface area contributed by atoms with E-state index in [0.29, 0.717) is 5.75 Å². The molecule has 2 heterocycles. The summed E-state index contributed by atoms with van der Waals surface area (Å²) >= 11 is 2.40. The van der Waals surface area contributed by atoms with Crippen LogP contribution in [0.3, 0.4) is 0 Å². The average molecular weight is 451 g/mol. The van der Waals surface area contributed by atoms with Gasteiger partial charge in [0.1, 0.15) is 5.75 Å². The van der Waals surface area contributed by atoms with Crippen molar-refractivity contribution in [3.8, 4) is 11.6 Å². The molecule has 0 aliphatic rings. The molecule has 0 saturated carbocycles. The summed E-state index contributed by atoms with van der Waals surface area (Å²) in [5, 5.41) is 13.9. The van der Waals surface area contributed by atoms with Crippen LogP contribution in [0.5, 0.6) is 11.6 Å². The van der Waals surface area contributed by atoms with Crippen LogP contribution in [0.4, 0.5) is 13.2 Å². The Morgan fingerprint density at radius 3 is 2.57 bits per heavy atom. The van der Waals surface area contributed by atoms with Crippen molar-refractivity contribution in [2.75, 3.05) is 6.61 Å². The van der Waals surface area contributed by atoms with E-state index in [1.807, 2.05) is 11.4 Å². The molecule has 9 heteroatoms. The number of alkyl halides is 3. The lowest BCUT2D eigenvalue weighted by atomic mass is 10.0. The molecule has 0 bridgehead atoms.